The molecule has 116 valence electrons. The number of nitro groups is 1. The molecule has 0 saturated carbocycles. The number of anilines is 1. The molecule has 1 aromatic rings. The Labute approximate surface area is 123 Å². The highest BCUT2D eigenvalue weighted by atomic mass is 16.6. The number of carbonyl (C=O) groups is 1. The summed E-state index contributed by atoms with van der Waals surface area (Å²) in [5.74, 6) is -0.291. The maximum Gasteiger partial charge on any atom is 0.293 e. The van der Waals surface area contributed by atoms with E-state index in [1.165, 1.54) is 17.0 Å². The Bertz CT molecular complexity index is 541. The number of rotatable bonds is 6. The van der Waals surface area contributed by atoms with Gasteiger partial charge in [0.25, 0.3) is 11.6 Å². The molecule has 0 aliphatic heterocycles. The van der Waals surface area contributed by atoms with Crippen molar-refractivity contribution in [1.29, 1.82) is 0 Å². The fourth-order valence-corrected chi connectivity index (χ4v) is 1.61. The van der Waals surface area contributed by atoms with Crippen LogP contribution >= 0.6 is 0 Å². The lowest BCUT2D eigenvalue weighted by molar-refractivity contribution is -0.384. The van der Waals surface area contributed by atoms with Crippen LogP contribution in [-0.2, 0) is 0 Å². The van der Waals surface area contributed by atoms with Crippen molar-refractivity contribution in [2.24, 2.45) is 5.41 Å². The van der Waals surface area contributed by atoms with Crippen LogP contribution in [0.25, 0.3) is 0 Å². The van der Waals surface area contributed by atoms with Gasteiger partial charge in [0.05, 0.1) is 4.92 Å². The number of hydrogen-bond acceptors (Lipinski definition) is 5. The molecule has 0 aliphatic rings. The van der Waals surface area contributed by atoms with E-state index in [1.807, 2.05) is 13.8 Å². The van der Waals surface area contributed by atoms with Crippen LogP contribution in [0.4, 0.5) is 11.4 Å². The van der Waals surface area contributed by atoms with Gasteiger partial charge in [-0.2, -0.15) is 0 Å². The second-order valence-electron chi connectivity index (χ2n) is 5.86. The Morgan fingerprint density at radius 3 is 2.52 bits per heavy atom. The van der Waals surface area contributed by atoms with E-state index in [2.05, 4.69) is 5.32 Å². The van der Waals surface area contributed by atoms with Crippen molar-refractivity contribution in [3.63, 3.8) is 0 Å². The van der Waals surface area contributed by atoms with Gasteiger partial charge in [-0.25, -0.2) is 0 Å². The molecule has 0 aliphatic carbocycles. The molecule has 0 bridgehead atoms. The maximum atomic E-state index is 11.8. The van der Waals surface area contributed by atoms with Crippen molar-refractivity contribution in [2.45, 2.75) is 13.8 Å². The zero-order valence-electron chi connectivity index (χ0n) is 12.7. The number of amides is 1. The van der Waals surface area contributed by atoms with E-state index in [0.717, 1.165) is 0 Å². The Hall–Kier alpha value is -2.15. The first kappa shape index (κ1) is 16.9. The molecular formula is C14H21N3O4. The highest BCUT2D eigenvalue weighted by Crippen LogP contribution is 2.27. The Morgan fingerprint density at radius 1 is 1.43 bits per heavy atom. The molecule has 0 heterocycles. The van der Waals surface area contributed by atoms with Gasteiger partial charge in [-0.15, -0.1) is 0 Å². The number of benzene rings is 1. The number of nitrogens with zero attached hydrogens (tertiary/aromatic N) is 2. The normalized spacial score (nSPS) is 11.1. The van der Waals surface area contributed by atoms with E-state index < -0.39 is 10.3 Å². The minimum Gasteiger partial charge on any atom is -0.396 e. The predicted molar refractivity (Wildman–Crippen MR) is 80.5 cm³/mol. The largest absolute Gasteiger partial charge is 0.396 e. The standard InChI is InChI=1S/C14H21N3O4/c1-14(2,9-18)8-15-11-6-5-10(13(19)16(3)4)7-12(11)17(20)21/h5-7,15,18H,8-9H2,1-4H3. The Kier molecular flexibility index (Phi) is 5.26. The third-order valence-corrected chi connectivity index (χ3v) is 3.03. The van der Waals surface area contributed by atoms with Crippen molar-refractivity contribution in [3.8, 4) is 0 Å². The molecule has 0 atom stereocenters. The van der Waals surface area contributed by atoms with Crippen LogP contribution < -0.4 is 5.32 Å². The van der Waals surface area contributed by atoms with Crippen molar-refractivity contribution in [3.05, 3.63) is 33.9 Å². The monoisotopic (exact) mass is 295 g/mol. The molecule has 1 aromatic carbocycles. The average Bonchev–Trinajstić information content (AvgIpc) is 2.44. The fourth-order valence-electron chi connectivity index (χ4n) is 1.61. The second-order valence-corrected chi connectivity index (χ2v) is 5.86. The minimum absolute atomic E-state index is 0.0367. The molecular weight excluding hydrogens is 274 g/mol. The Morgan fingerprint density at radius 2 is 2.05 bits per heavy atom. The smallest absolute Gasteiger partial charge is 0.293 e. The highest BCUT2D eigenvalue weighted by molar-refractivity contribution is 5.95. The molecule has 7 nitrogen and oxygen atoms in total. The first-order valence-corrected chi connectivity index (χ1v) is 6.53. The third kappa shape index (κ3) is 4.42. The van der Waals surface area contributed by atoms with Crippen molar-refractivity contribution < 1.29 is 14.8 Å². The number of nitrogens with one attached hydrogen (secondary N) is 1. The summed E-state index contributed by atoms with van der Waals surface area (Å²) in [4.78, 5) is 23.8. The average molecular weight is 295 g/mol. The second kappa shape index (κ2) is 6.53. The molecule has 0 fully saturated rings. The van der Waals surface area contributed by atoms with Crippen LogP contribution in [-0.4, -0.2) is 48.1 Å². The van der Waals surface area contributed by atoms with Crippen LogP contribution in [0.3, 0.4) is 0 Å². The minimum atomic E-state index is -0.527. The molecule has 1 rings (SSSR count). The highest BCUT2D eigenvalue weighted by Gasteiger charge is 2.21. The molecule has 0 aromatic heterocycles. The summed E-state index contributed by atoms with van der Waals surface area (Å²) in [7, 11) is 3.17. The first-order valence-electron chi connectivity index (χ1n) is 6.53. The van der Waals surface area contributed by atoms with Crippen LogP contribution in [0.2, 0.25) is 0 Å². The number of aliphatic hydroxyl groups is 1. The van der Waals surface area contributed by atoms with E-state index >= 15 is 0 Å². The number of hydrogen-bond donors (Lipinski definition) is 2. The van der Waals surface area contributed by atoms with E-state index in [0.29, 0.717) is 12.2 Å². The van der Waals surface area contributed by atoms with Gasteiger partial charge < -0.3 is 15.3 Å². The van der Waals surface area contributed by atoms with Gasteiger partial charge in [0.1, 0.15) is 5.69 Å². The topological polar surface area (TPSA) is 95.7 Å². The molecule has 1 amide bonds. The van der Waals surface area contributed by atoms with E-state index in [1.54, 1.807) is 20.2 Å². The summed E-state index contributed by atoms with van der Waals surface area (Å²) in [6, 6.07) is 4.32. The van der Waals surface area contributed by atoms with Crippen LogP contribution in [0, 0.1) is 15.5 Å². The van der Waals surface area contributed by atoms with Gasteiger partial charge in [-0.05, 0) is 12.1 Å². The van der Waals surface area contributed by atoms with Crippen molar-refractivity contribution >= 4 is 17.3 Å². The van der Waals surface area contributed by atoms with Crippen molar-refractivity contribution in [1.82, 2.24) is 4.90 Å². The lowest BCUT2D eigenvalue weighted by Crippen LogP contribution is -2.27. The summed E-state index contributed by atoms with van der Waals surface area (Å²) < 4.78 is 0. The van der Waals surface area contributed by atoms with E-state index in [9.17, 15) is 20.0 Å². The zero-order valence-corrected chi connectivity index (χ0v) is 12.7. The summed E-state index contributed by atoms with van der Waals surface area (Å²) in [6.45, 7) is 4.03. The lowest BCUT2D eigenvalue weighted by atomic mass is 9.95. The van der Waals surface area contributed by atoms with E-state index in [4.69, 9.17) is 0 Å². The van der Waals surface area contributed by atoms with Crippen LogP contribution in [0.1, 0.15) is 24.2 Å². The van der Waals surface area contributed by atoms with E-state index in [-0.39, 0.29) is 23.8 Å². The van der Waals surface area contributed by atoms with Gasteiger partial charge in [0.15, 0.2) is 0 Å². The summed E-state index contributed by atoms with van der Waals surface area (Å²) >= 11 is 0. The quantitative estimate of drug-likeness (QED) is 0.615. The van der Waals surface area contributed by atoms with Gasteiger partial charge in [-0.1, -0.05) is 13.8 Å². The molecule has 0 radical (unpaired) electrons. The lowest BCUT2D eigenvalue weighted by Gasteiger charge is -2.22. The van der Waals surface area contributed by atoms with Gasteiger partial charge in [0, 0.05) is 44.3 Å². The van der Waals surface area contributed by atoms with Crippen LogP contribution in [0.5, 0.6) is 0 Å². The Balaban J connectivity index is 3.06. The third-order valence-electron chi connectivity index (χ3n) is 3.03. The van der Waals surface area contributed by atoms with Crippen LogP contribution in [0.15, 0.2) is 18.2 Å². The van der Waals surface area contributed by atoms with Gasteiger partial charge >= 0.3 is 0 Å². The number of carbonyl (C=O) groups excluding carboxylic acids is 1. The molecule has 7 heteroatoms. The van der Waals surface area contributed by atoms with Crippen molar-refractivity contribution in [2.75, 3.05) is 32.6 Å². The molecule has 21 heavy (non-hydrogen) atoms. The summed E-state index contributed by atoms with van der Waals surface area (Å²) in [6.07, 6.45) is 0. The molecule has 0 spiro atoms. The molecule has 2 N–H and O–H groups in total. The number of nitro benzene ring substituents is 1. The van der Waals surface area contributed by atoms with Gasteiger partial charge in [-0.3, -0.25) is 14.9 Å². The zero-order chi connectivity index (χ0) is 16.2. The summed E-state index contributed by atoms with van der Waals surface area (Å²) in [5.41, 5.74) is 0.0402. The molecule has 0 saturated heterocycles. The SMILES string of the molecule is CN(C)C(=O)c1ccc(NCC(C)(C)CO)c([N+](=O)[O-])c1. The predicted octanol–water partition coefficient (Wildman–Crippen LogP) is 1.73. The molecule has 0 unspecified atom stereocenters. The first-order chi connectivity index (χ1) is 9.68. The van der Waals surface area contributed by atoms with Gasteiger partial charge in [0.2, 0.25) is 0 Å². The summed E-state index contributed by atoms with van der Waals surface area (Å²) in [5, 5.41) is 23.3. The maximum absolute atomic E-state index is 11.8. The fraction of sp³-hybridized carbons (Fsp3) is 0.500. The number of aliphatic hydroxyl groups excluding tert-OH is 1.